The predicted octanol–water partition coefficient (Wildman–Crippen LogP) is 1.84. The molecule has 2 fully saturated rings. The Bertz CT molecular complexity index is 603. The van der Waals surface area contributed by atoms with Crippen LogP contribution in [0, 0.1) is 5.92 Å². The summed E-state index contributed by atoms with van der Waals surface area (Å²) >= 11 is 1.26. The van der Waals surface area contributed by atoms with E-state index in [1.807, 2.05) is 4.90 Å². The van der Waals surface area contributed by atoms with E-state index in [1.165, 1.54) is 11.3 Å². The monoisotopic (exact) mass is 335 g/mol. The van der Waals surface area contributed by atoms with Crippen molar-refractivity contribution in [2.24, 2.45) is 5.92 Å². The van der Waals surface area contributed by atoms with Gasteiger partial charge in [0.2, 0.25) is 11.8 Å². The molecule has 124 valence electrons. The van der Waals surface area contributed by atoms with E-state index in [2.05, 4.69) is 10.6 Å². The Kier molecular flexibility index (Phi) is 4.95. The van der Waals surface area contributed by atoms with Crippen molar-refractivity contribution in [1.82, 2.24) is 10.2 Å². The Morgan fingerprint density at radius 2 is 1.91 bits per heavy atom. The van der Waals surface area contributed by atoms with E-state index >= 15 is 0 Å². The van der Waals surface area contributed by atoms with Gasteiger partial charge in [-0.3, -0.25) is 14.4 Å². The molecule has 1 aromatic heterocycles. The lowest BCUT2D eigenvalue weighted by Crippen LogP contribution is -2.32. The molecule has 0 aromatic carbocycles. The Balaban J connectivity index is 1.41. The van der Waals surface area contributed by atoms with Gasteiger partial charge in [0.15, 0.2) is 0 Å². The summed E-state index contributed by atoms with van der Waals surface area (Å²) in [5.74, 6) is 0.0866. The molecule has 2 heterocycles. The first-order valence-electron chi connectivity index (χ1n) is 8.10. The van der Waals surface area contributed by atoms with E-state index in [1.54, 1.807) is 12.1 Å². The van der Waals surface area contributed by atoms with Gasteiger partial charge in [-0.25, -0.2) is 0 Å². The number of amides is 3. The molecule has 0 atom stereocenters. The summed E-state index contributed by atoms with van der Waals surface area (Å²) in [4.78, 5) is 38.0. The summed E-state index contributed by atoms with van der Waals surface area (Å²) in [6.07, 6.45) is 4.39. The van der Waals surface area contributed by atoms with Crippen molar-refractivity contribution in [3.05, 3.63) is 17.0 Å². The maximum atomic E-state index is 12.1. The van der Waals surface area contributed by atoms with Crippen LogP contribution in [0.4, 0.5) is 5.00 Å². The van der Waals surface area contributed by atoms with Gasteiger partial charge in [0.05, 0.1) is 9.88 Å². The molecule has 0 bridgehead atoms. The van der Waals surface area contributed by atoms with Gasteiger partial charge < -0.3 is 15.5 Å². The van der Waals surface area contributed by atoms with Gasteiger partial charge in [0.1, 0.15) is 0 Å². The summed E-state index contributed by atoms with van der Waals surface area (Å²) in [6, 6.07) is 3.44. The van der Waals surface area contributed by atoms with Gasteiger partial charge in [-0.15, -0.1) is 11.3 Å². The van der Waals surface area contributed by atoms with Crippen LogP contribution in [0.15, 0.2) is 12.1 Å². The van der Waals surface area contributed by atoms with Crippen LogP contribution in [0.1, 0.15) is 41.8 Å². The molecule has 0 radical (unpaired) electrons. The number of nitrogens with zero attached hydrogens (tertiary/aromatic N) is 1. The topological polar surface area (TPSA) is 78.5 Å². The van der Waals surface area contributed by atoms with E-state index in [4.69, 9.17) is 0 Å². The number of thiophene rings is 1. The maximum Gasteiger partial charge on any atom is 0.261 e. The predicted molar refractivity (Wildman–Crippen MR) is 88.4 cm³/mol. The molecule has 0 unspecified atom stereocenters. The molecule has 2 N–H and O–H groups in total. The second-order valence-electron chi connectivity index (χ2n) is 6.02. The van der Waals surface area contributed by atoms with Gasteiger partial charge in [-0.1, -0.05) is 0 Å². The number of anilines is 1. The minimum atomic E-state index is -0.198. The first-order valence-corrected chi connectivity index (χ1v) is 8.92. The second kappa shape index (κ2) is 7.12. The van der Waals surface area contributed by atoms with E-state index in [0.717, 1.165) is 38.8 Å². The molecule has 23 heavy (non-hydrogen) atoms. The van der Waals surface area contributed by atoms with Crippen molar-refractivity contribution < 1.29 is 14.4 Å². The van der Waals surface area contributed by atoms with Gasteiger partial charge >= 0.3 is 0 Å². The van der Waals surface area contributed by atoms with Crippen LogP contribution in [0.2, 0.25) is 0 Å². The summed E-state index contributed by atoms with van der Waals surface area (Å²) < 4.78 is 0. The standard InChI is InChI=1S/C16H21N3O3S/c20-14(19-9-1-2-10-19)7-8-17-16(22)12-5-6-13(23-12)18-15(21)11-3-4-11/h5-6,11H,1-4,7-10H2,(H,17,22)(H,18,21). The SMILES string of the molecule is O=C(NCCC(=O)N1CCCC1)c1ccc(NC(=O)C2CC2)s1. The zero-order chi connectivity index (χ0) is 16.2. The Morgan fingerprint density at radius 3 is 2.61 bits per heavy atom. The van der Waals surface area contributed by atoms with Crippen LogP contribution >= 0.6 is 11.3 Å². The molecule has 3 amide bonds. The Hall–Kier alpha value is -1.89. The summed E-state index contributed by atoms with van der Waals surface area (Å²) in [6.45, 7) is 2.01. The smallest absolute Gasteiger partial charge is 0.261 e. The van der Waals surface area contributed by atoms with Crippen LogP contribution in [-0.4, -0.2) is 42.3 Å². The zero-order valence-electron chi connectivity index (χ0n) is 13.0. The lowest BCUT2D eigenvalue weighted by Gasteiger charge is -2.14. The number of hydrogen-bond acceptors (Lipinski definition) is 4. The van der Waals surface area contributed by atoms with Gasteiger partial charge in [-0.05, 0) is 37.8 Å². The van der Waals surface area contributed by atoms with Gasteiger partial charge in [-0.2, -0.15) is 0 Å². The Morgan fingerprint density at radius 1 is 1.17 bits per heavy atom. The van der Waals surface area contributed by atoms with E-state index in [9.17, 15) is 14.4 Å². The van der Waals surface area contributed by atoms with E-state index in [-0.39, 0.29) is 23.6 Å². The van der Waals surface area contributed by atoms with Crippen molar-refractivity contribution >= 4 is 34.1 Å². The zero-order valence-corrected chi connectivity index (χ0v) is 13.8. The number of hydrogen-bond donors (Lipinski definition) is 2. The number of likely N-dealkylation sites (tertiary alicyclic amines) is 1. The molecule has 3 rings (SSSR count). The highest BCUT2D eigenvalue weighted by Gasteiger charge is 2.29. The molecule has 1 aliphatic heterocycles. The molecule has 7 heteroatoms. The molecule has 1 saturated heterocycles. The fourth-order valence-electron chi connectivity index (χ4n) is 2.59. The number of nitrogens with one attached hydrogen (secondary N) is 2. The number of carbonyl (C=O) groups is 3. The molecule has 6 nitrogen and oxygen atoms in total. The fraction of sp³-hybridized carbons (Fsp3) is 0.562. The largest absolute Gasteiger partial charge is 0.351 e. The lowest BCUT2D eigenvalue weighted by molar-refractivity contribution is -0.130. The van der Waals surface area contributed by atoms with Crippen LogP contribution in [0.3, 0.4) is 0 Å². The third-order valence-electron chi connectivity index (χ3n) is 4.11. The first kappa shape index (κ1) is 16.0. The van der Waals surface area contributed by atoms with Crippen LogP contribution in [-0.2, 0) is 9.59 Å². The summed E-state index contributed by atoms with van der Waals surface area (Å²) in [5.41, 5.74) is 0. The molecule has 1 saturated carbocycles. The minimum absolute atomic E-state index is 0.0371. The number of rotatable bonds is 6. The highest BCUT2D eigenvalue weighted by molar-refractivity contribution is 7.18. The molecule has 0 spiro atoms. The molecule has 1 aliphatic carbocycles. The quantitative estimate of drug-likeness (QED) is 0.832. The van der Waals surface area contributed by atoms with Crippen LogP contribution in [0.25, 0.3) is 0 Å². The van der Waals surface area contributed by atoms with Gasteiger partial charge in [0, 0.05) is 32.0 Å². The minimum Gasteiger partial charge on any atom is -0.351 e. The van der Waals surface area contributed by atoms with E-state index < -0.39 is 0 Å². The first-order chi connectivity index (χ1) is 11.1. The molecular formula is C16H21N3O3S. The third kappa shape index (κ3) is 4.31. The summed E-state index contributed by atoms with van der Waals surface area (Å²) in [7, 11) is 0. The molecular weight excluding hydrogens is 314 g/mol. The van der Waals surface area contributed by atoms with Crippen molar-refractivity contribution in [2.75, 3.05) is 25.0 Å². The van der Waals surface area contributed by atoms with E-state index in [0.29, 0.717) is 22.8 Å². The van der Waals surface area contributed by atoms with Crippen LogP contribution in [0.5, 0.6) is 0 Å². The molecule has 1 aromatic rings. The average molecular weight is 335 g/mol. The molecule has 2 aliphatic rings. The van der Waals surface area contributed by atoms with Gasteiger partial charge in [0.25, 0.3) is 5.91 Å². The summed E-state index contributed by atoms with van der Waals surface area (Å²) in [5, 5.41) is 6.29. The van der Waals surface area contributed by atoms with Crippen LogP contribution < -0.4 is 10.6 Å². The lowest BCUT2D eigenvalue weighted by atomic mass is 10.3. The Labute approximate surface area is 139 Å². The maximum absolute atomic E-state index is 12.1. The van der Waals surface area contributed by atoms with Crippen molar-refractivity contribution in [3.8, 4) is 0 Å². The third-order valence-corrected chi connectivity index (χ3v) is 5.11. The second-order valence-corrected chi connectivity index (χ2v) is 7.10. The highest BCUT2D eigenvalue weighted by Crippen LogP contribution is 2.31. The highest BCUT2D eigenvalue weighted by atomic mass is 32.1. The van der Waals surface area contributed by atoms with Crippen molar-refractivity contribution in [3.63, 3.8) is 0 Å². The normalized spacial score (nSPS) is 17.1. The fourth-order valence-corrected chi connectivity index (χ4v) is 3.42. The van der Waals surface area contributed by atoms with Crippen molar-refractivity contribution in [1.29, 1.82) is 0 Å². The number of carbonyl (C=O) groups excluding carboxylic acids is 3. The average Bonchev–Trinajstić information content (AvgIpc) is 3.05. The van der Waals surface area contributed by atoms with Crippen molar-refractivity contribution in [2.45, 2.75) is 32.1 Å².